The van der Waals surface area contributed by atoms with Crippen molar-refractivity contribution in [2.45, 2.75) is 17.3 Å². The summed E-state index contributed by atoms with van der Waals surface area (Å²) in [6.07, 6.45) is 0. The van der Waals surface area contributed by atoms with Gasteiger partial charge in [0.1, 0.15) is 0 Å². The van der Waals surface area contributed by atoms with E-state index in [0.29, 0.717) is 0 Å². The van der Waals surface area contributed by atoms with E-state index < -0.39 is 47.6 Å². The molecule has 0 rings (SSSR count). The molecule has 0 amide bonds. The maximum absolute atomic E-state index is 10.6. The van der Waals surface area contributed by atoms with Crippen LogP contribution in [0.2, 0.25) is 0 Å². The maximum Gasteiger partial charge on any atom is 3.00 e. The molecule has 0 aromatic carbocycles. The molecule has 0 bridgehead atoms. The van der Waals surface area contributed by atoms with Crippen LogP contribution in [-0.4, -0.2) is 73.5 Å². The molecule has 0 aromatic heterocycles. The van der Waals surface area contributed by atoms with Crippen molar-refractivity contribution in [3.05, 3.63) is 0 Å². The van der Waals surface area contributed by atoms with Gasteiger partial charge in [-0.3, -0.25) is 0 Å². The smallest absolute Gasteiger partial charge is 0.744 e. The quantitative estimate of drug-likeness (QED) is 0.311. The Bertz CT molecular complexity index is 496. The number of alkyl halides is 6. The summed E-state index contributed by atoms with van der Waals surface area (Å²) in [4.78, 5) is 0. The minimum atomic E-state index is -5.32. The number of hydrogen-bond donors (Lipinski definition) is 0. The molecule has 0 aliphatic rings. The molecule has 19 heteroatoms. The van der Waals surface area contributed by atoms with Crippen LogP contribution in [0.25, 0.3) is 0 Å². The van der Waals surface area contributed by atoms with Gasteiger partial charge in [0.15, 0.2) is 30.4 Å². The third kappa shape index (κ3) is 22.1. The molecule has 0 aromatic rings. The Labute approximate surface area is 130 Å². The average molecular weight is 420 g/mol. The molecular formula is C3H3AlF6O9S3. The minimum Gasteiger partial charge on any atom is -0.744 e. The van der Waals surface area contributed by atoms with E-state index in [1.54, 1.807) is 0 Å². The van der Waals surface area contributed by atoms with Crippen molar-refractivity contribution < 1.29 is 65.3 Å². The van der Waals surface area contributed by atoms with E-state index in [1.165, 1.54) is 0 Å². The molecule has 132 valence electrons. The number of halogens is 6. The van der Waals surface area contributed by atoms with Crippen LogP contribution in [0.5, 0.6) is 0 Å². The third-order valence-corrected chi connectivity index (χ3v) is 1.96. The standard InChI is InChI=1S/3CH2F2O3S.Al/c3*2-1(3)7(4,5)6;/h3*1H,(H,4,5,6);/q;;;+3/p-3. The van der Waals surface area contributed by atoms with Crippen LogP contribution in [0, 0.1) is 0 Å². The Morgan fingerprint density at radius 3 is 0.545 bits per heavy atom. The number of rotatable bonds is 3. The summed E-state index contributed by atoms with van der Waals surface area (Å²) in [6.45, 7) is 0. The first kappa shape index (κ1) is 29.8. The van der Waals surface area contributed by atoms with E-state index >= 15 is 0 Å². The predicted octanol–water partition coefficient (Wildman–Crippen LogP) is -1.12. The molecule has 9 nitrogen and oxygen atoms in total. The monoisotopic (exact) mass is 420 g/mol. The van der Waals surface area contributed by atoms with Crippen LogP contribution in [-0.2, 0) is 30.4 Å². The summed E-state index contributed by atoms with van der Waals surface area (Å²) in [7, 11) is -16.0. The van der Waals surface area contributed by atoms with Crippen molar-refractivity contribution in [3.63, 3.8) is 0 Å². The molecule has 0 saturated heterocycles. The van der Waals surface area contributed by atoms with Crippen molar-refractivity contribution in [2.75, 3.05) is 0 Å². The minimum absolute atomic E-state index is 0. The maximum atomic E-state index is 10.6. The van der Waals surface area contributed by atoms with Gasteiger partial charge in [-0.15, -0.1) is 0 Å². The van der Waals surface area contributed by atoms with Crippen LogP contribution in [0.3, 0.4) is 0 Å². The van der Waals surface area contributed by atoms with Gasteiger partial charge < -0.3 is 13.7 Å². The van der Waals surface area contributed by atoms with Gasteiger partial charge in [-0.05, 0) is 0 Å². The first-order valence-electron chi connectivity index (χ1n) is 3.52. The van der Waals surface area contributed by atoms with Gasteiger partial charge in [-0.2, -0.15) is 26.3 Å². The van der Waals surface area contributed by atoms with Crippen LogP contribution in [0.15, 0.2) is 0 Å². The second kappa shape index (κ2) is 11.4. The fraction of sp³-hybridized carbons (Fsp3) is 1.00. The van der Waals surface area contributed by atoms with Crippen molar-refractivity contribution in [1.29, 1.82) is 0 Å². The summed E-state index contributed by atoms with van der Waals surface area (Å²) in [5.74, 6) is -11.4. The van der Waals surface area contributed by atoms with Crippen LogP contribution < -0.4 is 0 Å². The summed E-state index contributed by atoms with van der Waals surface area (Å²) >= 11 is 0. The zero-order valence-corrected chi connectivity index (χ0v) is 13.1. The van der Waals surface area contributed by atoms with Gasteiger partial charge in [0, 0.05) is 0 Å². The van der Waals surface area contributed by atoms with Gasteiger partial charge in [0.2, 0.25) is 0 Å². The fourth-order valence-electron chi connectivity index (χ4n) is 0. The summed E-state index contributed by atoms with van der Waals surface area (Å²) in [5, 5.41) is 0. The molecule has 0 N–H and O–H groups in total. The van der Waals surface area contributed by atoms with E-state index in [-0.39, 0.29) is 17.4 Å². The Kier molecular flexibility index (Phi) is 15.4. The molecule has 0 saturated carbocycles. The van der Waals surface area contributed by atoms with Crippen molar-refractivity contribution in [1.82, 2.24) is 0 Å². The predicted molar refractivity (Wildman–Crippen MR) is 52.9 cm³/mol. The summed E-state index contributed by atoms with van der Waals surface area (Å²) in [6, 6.07) is 0. The molecule has 22 heavy (non-hydrogen) atoms. The summed E-state index contributed by atoms with van der Waals surface area (Å²) < 4.78 is 145. The molecule has 0 spiro atoms. The number of hydrogen-bond acceptors (Lipinski definition) is 9. The molecule has 0 aliphatic carbocycles. The molecule has 0 unspecified atom stereocenters. The van der Waals surface area contributed by atoms with Crippen LogP contribution in [0.1, 0.15) is 0 Å². The van der Waals surface area contributed by atoms with Crippen LogP contribution in [0.4, 0.5) is 26.3 Å². The van der Waals surface area contributed by atoms with Gasteiger partial charge in [0.05, 0.1) is 0 Å². The molecule has 0 fully saturated rings. The third-order valence-electron chi connectivity index (χ3n) is 0.655. The van der Waals surface area contributed by atoms with Gasteiger partial charge >= 0.3 is 34.6 Å². The van der Waals surface area contributed by atoms with Gasteiger partial charge in [0.25, 0.3) is 0 Å². The Morgan fingerprint density at radius 2 is 0.545 bits per heavy atom. The average Bonchev–Trinajstić information content (AvgIpc) is 2.14. The summed E-state index contributed by atoms with van der Waals surface area (Å²) in [5.41, 5.74) is 0. The first-order chi connectivity index (χ1) is 8.83. The molecule has 0 heterocycles. The van der Waals surface area contributed by atoms with Gasteiger partial charge in [-0.1, -0.05) is 0 Å². The zero-order chi connectivity index (χ0) is 18.2. The van der Waals surface area contributed by atoms with E-state index in [2.05, 4.69) is 0 Å². The zero-order valence-electron chi connectivity index (χ0n) is 9.48. The van der Waals surface area contributed by atoms with Crippen molar-refractivity contribution in [3.8, 4) is 0 Å². The van der Waals surface area contributed by atoms with E-state index in [0.717, 1.165) is 0 Å². The SMILES string of the molecule is O=S(=O)([O-])C(F)F.O=S(=O)([O-])C(F)F.O=S(=O)([O-])C(F)F.[Al+3]. The largest absolute Gasteiger partial charge is 3.00 e. The topological polar surface area (TPSA) is 172 Å². The van der Waals surface area contributed by atoms with Gasteiger partial charge in [-0.25, -0.2) is 25.3 Å². The Morgan fingerprint density at radius 1 is 0.500 bits per heavy atom. The van der Waals surface area contributed by atoms with E-state index in [9.17, 15) is 26.3 Å². The van der Waals surface area contributed by atoms with E-state index in [1.807, 2.05) is 0 Å². The molecular weight excluding hydrogens is 417 g/mol. The first-order valence-corrected chi connectivity index (χ1v) is 7.93. The Hall–Kier alpha value is -0.158. The Balaban J connectivity index is -0.000000108. The second-order valence-electron chi connectivity index (χ2n) is 2.26. The molecule has 0 aliphatic heterocycles. The molecule has 0 atom stereocenters. The second-order valence-corrected chi connectivity index (χ2v) is 6.29. The van der Waals surface area contributed by atoms with E-state index in [4.69, 9.17) is 38.9 Å². The fourth-order valence-corrected chi connectivity index (χ4v) is 0. The molecule has 0 radical (unpaired) electrons. The van der Waals surface area contributed by atoms with Crippen molar-refractivity contribution in [2.24, 2.45) is 0 Å². The van der Waals surface area contributed by atoms with Crippen LogP contribution >= 0.6 is 0 Å². The van der Waals surface area contributed by atoms with Crippen molar-refractivity contribution >= 4 is 47.7 Å². The normalized spacial score (nSPS) is 12.0.